The number of hydrogen-bond donors (Lipinski definition) is 0. The highest BCUT2D eigenvalue weighted by molar-refractivity contribution is 6.04. The first-order valence-electron chi connectivity index (χ1n) is 5.57. The lowest BCUT2D eigenvalue weighted by molar-refractivity contribution is -0.108. The standard InChI is InChI=1S/C14H16O2/c1-9-4-5-11-10(8-9)13(16)12(6-7-15)14(11,2)3/h4-5,7-8,12H,6H2,1-3H3/t12-/m1/s1. The van der Waals surface area contributed by atoms with Gasteiger partial charge in [-0.05, 0) is 18.6 Å². The van der Waals surface area contributed by atoms with Gasteiger partial charge < -0.3 is 4.79 Å². The molecule has 16 heavy (non-hydrogen) atoms. The molecule has 1 aliphatic carbocycles. The molecule has 1 aliphatic rings. The Labute approximate surface area is 95.7 Å². The molecule has 0 bridgehead atoms. The van der Waals surface area contributed by atoms with Gasteiger partial charge in [-0.15, -0.1) is 0 Å². The Morgan fingerprint density at radius 1 is 1.38 bits per heavy atom. The minimum absolute atomic E-state index is 0.121. The van der Waals surface area contributed by atoms with Crippen LogP contribution in [0, 0.1) is 12.8 Å². The molecule has 0 saturated heterocycles. The molecule has 0 fully saturated rings. The summed E-state index contributed by atoms with van der Waals surface area (Å²) < 4.78 is 0. The van der Waals surface area contributed by atoms with E-state index in [0.29, 0.717) is 6.42 Å². The van der Waals surface area contributed by atoms with Crippen LogP contribution in [0.15, 0.2) is 18.2 Å². The molecule has 0 unspecified atom stereocenters. The van der Waals surface area contributed by atoms with Gasteiger partial charge >= 0.3 is 0 Å². The van der Waals surface area contributed by atoms with E-state index in [2.05, 4.69) is 0 Å². The summed E-state index contributed by atoms with van der Waals surface area (Å²) in [5, 5.41) is 0. The number of aldehydes is 1. The molecule has 2 nitrogen and oxygen atoms in total. The molecular weight excluding hydrogens is 200 g/mol. The van der Waals surface area contributed by atoms with Crippen molar-refractivity contribution in [3.05, 3.63) is 34.9 Å². The maximum Gasteiger partial charge on any atom is 0.167 e. The smallest absolute Gasteiger partial charge is 0.167 e. The minimum Gasteiger partial charge on any atom is -0.303 e. The number of benzene rings is 1. The monoisotopic (exact) mass is 216 g/mol. The van der Waals surface area contributed by atoms with Crippen molar-refractivity contribution in [1.29, 1.82) is 0 Å². The lowest BCUT2D eigenvalue weighted by Gasteiger charge is -2.25. The topological polar surface area (TPSA) is 34.1 Å². The number of hydrogen-bond acceptors (Lipinski definition) is 2. The largest absolute Gasteiger partial charge is 0.303 e. The fraction of sp³-hybridized carbons (Fsp3) is 0.429. The molecule has 84 valence electrons. The SMILES string of the molecule is Cc1ccc2c(c1)C(=O)[C@@H](CC=O)C2(C)C. The molecule has 0 aromatic heterocycles. The third-order valence-electron chi connectivity index (χ3n) is 3.65. The molecule has 1 atom stereocenters. The number of Topliss-reactive ketones (excluding diaryl/α,β-unsaturated/α-hetero) is 1. The Hall–Kier alpha value is -1.44. The summed E-state index contributed by atoms with van der Waals surface area (Å²) in [6.45, 7) is 6.06. The third-order valence-corrected chi connectivity index (χ3v) is 3.65. The normalized spacial score (nSPS) is 21.9. The van der Waals surface area contributed by atoms with Crippen LogP contribution in [0.2, 0.25) is 0 Å². The average molecular weight is 216 g/mol. The second kappa shape index (κ2) is 3.55. The zero-order chi connectivity index (χ0) is 11.9. The predicted molar refractivity (Wildman–Crippen MR) is 62.7 cm³/mol. The minimum atomic E-state index is -0.221. The van der Waals surface area contributed by atoms with Crippen LogP contribution < -0.4 is 0 Å². The Morgan fingerprint density at radius 2 is 2.06 bits per heavy atom. The Balaban J connectivity index is 2.56. The Morgan fingerprint density at radius 3 is 2.69 bits per heavy atom. The fourth-order valence-electron chi connectivity index (χ4n) is 2.62. The van der Waals surface area contributed by atoms with E-state index < -0.39 is 0 Å². The van der Waals surface area contributed by atoms with Gasteiger partial charge in [-0.25, -0.2) is 0 Å². The Kier molecular flexibility index (Phi) is 2.45. The van der Waals surface area contributed by atoms with Crippen molar-refractivity contribution >= 4 is 12.1 Å². The molecule has 0 amide bonds. The highest BCUT2D eigenvalue weighted by atomic mass is 16.1. The summed E-state index contributed by atoms with van der Waals surface area (Å²) in [5.74, 6) is -0.0717. The molecule has 0 radical (unpaired) electrons. The molecule has 2 rings (SSSR count). The van der Waals surface area contributed by atoms with E-state index in [9.17, 15) is 9.59 Å². The number of carbonyl (C=O) groups is 2. The molecule has 0 aliphatic heterocycles. The van der Waals surface area contributed by atoms with Gasteiger partial charge in [0.25, 0.3) is 0 Å². The average Bonchev–Trinajstić information content (AvgIpc) is 2.40. The molecule has 1 aromatic rings. The maximum atomic E-state index is 12.2. The third kappa shape index (κ3) is 1.41. The summed E-state index contributed by atoms with van der Waals surface area (Å²) in [6.07, 6.45) is 1.17. The number of fused-ring (bicyclic) bond motifs is 1. The second-order valence-electron chi connectivity index (χ2n) is 5.09. The van der Waals surface area contributed by atoms with Crippen molar-refractivity contribution in [2.75, 3.05) is 0 Å². The maximum absolute atomic E-state index is 12.2. The number of ketones is 1. The van der Waals surface area contributed by atoms with Crippen molar-refractivity contribution in [3.63, 3.8) is 0 Å². The Bertz CT molecular complexity index is 458. The van der Waals surface area contributed by atoms with Crippen LogP contribution in [-0.4, -0.2) is 12.1 Å². The number of aryl methyl sites for hydroxylation is 1. The van der Waals surface area contributed by atoms with Gasteiger partial charge in [-0.1, -0.05) is 31.5 Å². The van der Waals surface area contributed by atoms with Crippen LogP contribution in [0.4, 0.5) is 0 Å². The number of carbonyl (C=O) groups excluding carboxylic acids is 2. The predicted octanol–water partition coefficient (Wildman–Crippen LogP) is 2.67. The van der Waals surface area contributed by atoms with E-state index in [1.54, 1.807) is 0 Å². The van der Waals surface area contributed by atoms with Crippen molar-refractivity contribution in [3.8, 4) is 0 Å². The van der Waals surface area contributed by atoms with E-state index in [4.69, 9.17) is 0 Å². The molecule has 0 N–H and O–H groups in total. The van der Waals surface area contributed by atoms with E-state index in [0.717, 1.165) is 23.0 Å². The molecule has 0 heterocycles. The van der Waals surface area contributed by atoms with Crippen LogP contribution in [-0.2, 0) is 10.2 Å². The van der Waals surface area contributed by atoms with Gasteiger partial charge in [0.15, 0.2) is 5.78 Å². The fourth-order valence-corrected chi connectivity index (χ4v) is 2.62. The summed E-state index contributed by atoms with van der Waals surface area (Å²) in [5.41, 5.74) is 2.75. The van der Waals surface area contributed by atoms with Crippen molar-refractivity contribution < 1.29 is 9.59 Å². The first-order chi connectivity index (χ1) is 7.48. The van der Waals surface area contributed by atoms with E-state index in [1.807, 2.05) is 39.0 Å². The second-order valence-corrected chi connectivity index (χ2v) is 5.09. The highest BCUT2D eigenvalue weighted by Gasteiger charge is 2.45. The van der Waals surface area contributed by atoms with Gasteiger partial charge in [-0.2, -0.15) is 0 Å². The molecule has 0 saturated carbocycles. The van der Waals surface area contributed by atoms with E-state index in [-0.39, 0.29) is 17.1 Å². The van der Waals surface area contributed by atoms with Gasteiger partial charge in [0.05, 0.1) is 0 Å². The van der Waals surface area contributed by atoms with Crippen LogP contribution in [0.5, 0.6) is 0 Å². The lowest BCUT2D eigenvalue weighted by Crippen LogP contribution is -2.27. The summed E-state index contributed by atoms with van der Waals surface area (Å²) in [4.78, 5) is 22.9. The lowest BCUT2D eigenvalue weighted by atomic mass is 9.77. The van der Waals surface area contributed by atoms with Crippen LogP contribution >= 0.6 is 0 Å². The highest BCUT2D eigenvalue weighted by Crippen LogP contribution is 2.44. The zero-order valence-electron chi connectivity index (χ0n) is 9.91. The molecule has 0 spiro atoms. The summed E-state index contributed by atoms with van der Waals surface area (Å²) in [7, 11) is 0. The van der Waals surface area contributed by atoms with Gasteiger partial charge in [-0.3, -0.25) is 4.79 Å². The van der Waals surface area contributed by atoms with E-state index in [1.165, 1.54) is 0 Å². The van der Waals surface area contributed by atoms with Crippen LogP contribution in [0.1, 0.15) is 41.8 Å². The molecular formula is C14H16O2. The first-order valence-corrected chi connectivity index (χ1v) is 5.57. The zero-order valence-corrected chi connectivity index (χ0v) is 9.91. The van der Waals surface area contributed by atoms with Crippen molar-refractivity contribution in [1.82, 2.24) is 0 Å². The van der Waals surface area contributed by atoms with Gasteiger partial charge in [0.1, 0.15) is 6.29 Å². The van der Waals surface area contributed by atoms with Gasteiger partial charge in [0.2, 0.25) is 0 Å². The molecule has 2 heteroatoms. The first kappa shape index (κ1) is 11.1. The summed E-state index contributed by atoms with van der Waals surface area (Å²) >= 11 is 0. The van der Waals surface area contributed by atoms with Crippen LogP contribution in [0.25, 0.3) is 0 Å². The van der Waals surface area contributed by atoms with Crippen LogP contribution in [0.3, 0.4) is 0 Å². The van der Waals surface area contributed by atoms with Crippen molar-refractivity contribution in [2.45, 2.75) is 32.6 Å². The van der Waals surface area contributed by atoms with E-state index >= 15 is 0 Å². The quantitative estimate of drug-likeness (QED) is 0.712. The number of rotatable bonds is 2. The molecule has 1 aromatic carbocycles. The summed E-state index contributed by atoms with van der Waals surface area (Å²) in [6, 6.07) is 5.98. The van der Waals surface area contributed by atoms with Gasteiger partial charge in [0, 0.05) is 23.3 Å². The van der Waals surface area contributed by atoms with Crippen molar-refractivity contribution in [2.24, 2.45) is 5.92 Å².